The van der Waals surface area contributed by atoms with Crippen LogP contribution in [0.2, 0.25) is 0 Å². The molecule has 4 aliphatic rings. The highest BCUT2D eigenvalue weighted by molar-refractivity contribution is 6.02. The number of ether oxygens (including phenoxy) is 1. The Bertz CT molecular complexity index is 1210. The van der Waals surface area contributed by atoms with Crippen LogP contribution in [0.1, 0.15) is 81.3 Å². The average Bonchev–Trinajstić information content (AvgIpc) is 3.37. The molecule has 2 fully saturated rings. The van der Waals surface area contributed by atoms with Crippen LogP contribution >= 0.6 is 0 Å². The molecule has 0 bridgehead atoms. The van der Waals surface area contributed by atoms with Crippen molar-refractivity contribution in [1.29, 1.82) is 0 Å². The van der Waals surface area contributed by atoms with Gasteiger partial charge in [-0.1, -0.05) is 27.7 Å². The molecule has 2 heterocycles. The van der Waals surface area contributed by atoms with Crippen LogP contribution in [0.25, 0.3) is 0 Å². The standard InChI is InChI=1S/C28H37NO9/c1-13-5-7-20-26(2,3)23(34)19(31)11-27(20,4)28(13)10-15-18(30)9-14-16(22(15)38-28)12-29(24(14)35)17(25(36)37)6-8-21(32)33/h9,13,17,19-20,23,30-31,34H,5-8,10-12H2,1-4H3,(H,32,33)(H,36,37). The Morgan fingerprint density at radius 2 is 1.84 bits per heavy atom. The summed E-state index contributed by atoms with van der Waals surface area (Å²) in [5.74, 6) is -2.68. The number of carbonyl (C=O) groups is 3. The van der Waals surface area contributed by atoms with Crippen molar-refractivity contribution < 1.29 is 44.7 Å². The lowest BCUT2D eigenvalue weighted by Gasteiger charge is -2.64. The first-order valence-corrected chi connectivity index (χ1v) is 13.3. The van der Waals surface area contributed by atoms with Gasteiger partial charge in [-0.2, -0.15) is 0 Å². The summed E-state index contributed by atoms with van der Waals surface area (Å²) in [7, 11) is 0. The predicted molar refractivity (Wildman–Crippen MR) is 134 cm³/mol. The van der Waals surface area contributed by atoms with Gasteiger partial charge in [0.25, 0.3) is 5.91 Å². The third-order valence-electron chi connectivity index (χ3n) is 10.4. The maximum absolute atomic E-state index is 13.3. The summed E-state index contributed by atoms with van der Waals surface area (Å²) in [6, 6.07) is 0.0385. The van der Waals surface area contributed by atoms with Crippen LogP contribution in [-0.4, -0.2) is 72.1 Å². The minimum Gasteiger partial charge on any atom is -0.508 e. The molecule has 2 aliphatic heterocycles. The highest BCUT2D eigenvalue weighted by Gasteiger charge is 2.69. The Hall–Kier alpha value is -2.85. The number of phenols is 1. The van der Waals surface area contributed by atoms with Gasteiger partial charge in [-0.15, -0.1) is 0 Å². The van der Waals surface area contributed by atoms with E-state index in [-0.39, 0.29) is 36.1 Å². The van der Waals surface area contributed by atoms with E-state index in [1.54, 1.807) is 0 Å². The third-order valence-corrected chi connectivity index (χ3v) is 10.4. The number of aliphatic carboxylic acids is 2. The highest BCUT2D eigenvalue weighted by atomic mass is 16.5. The predicted octanol–water partition coefficient (Wildman–Crippen LogP) is 2.54. The number of benzene rings is 1. The molecule has 1 aromatic rings. The third kappa shape index (κ3) is 3.49. The number of hydrogen-bond donors (Lipinski definition) is 5. The van der Waals surface area contributed by atoms with E-state index < -0.39 is 58.9 Å². The molecule has 2 aliphatic carbocycles. The Labute approximate surface area is 221 Å². The normalized spacial score (nSPS) is 35.8. The Morgan fingerprint density at radius 1 is 1.16 bits per heavy atom. The van der Waals surface area contributed by atoms with Gasteiger partial charge in [0.2, 0.25) is 0 Å². The Balaban J connectivity index is 1.56. The molecule has 0 radical (unpaired) electrons. The maximum atomic E-state index is 13.3. The van der Waals surface area contributed by atoms with Crippen molar-refractivity contribution in [1.82, 2.24) is 4.90 Å². The molecule has 208 valence electrons. The largest absolute Gasteiger partial charge is 0.508 e. The van der Waals surface area contributed by atoms with Crippen molar-refractivity contribution in [3.8, 4) is 11.5 Å². The van der Waals surface area contributed by atoms with Crippen molar-refractivity contribution in [2.45, 2.75) is 96.6 Å². The summed E-state index contributed by atoms with van der Waals surface area (Å²) < 4.78 is 6.88. The van der Waals surface area contributed by atoms with Gasteiger partial charge in [-0.25, -0.2) is 4.79 Å². The number of carboxylic acid groups (broad SMARTS) is 2. The molecule has 5 rings (SSSR count). The zero-order valence-electron chi connectivity index (χ0n) is 22.2. The molecular formula is C28H37NO9. The zero-order valence-corrected chi connectivity index (χ0v) is 22.2. The molecule has 1 spiro atoms. The number of hydrogen-bond acceptors (Lipinski definition) is 7. The summed E-state index contributed by atoms with van der Waals surface area (Å²) in [5, 5.41) is 51.7. The van der Waals surface area contributed by atoms with Gasteiger partial charge in [0.15, 0.2) is 0 Å². The van der Waals surface area contributed by atoms with Crippen molar-refractivity contribution in [2.75, 3.05) is 0 Å². The zero-order chi connectivity index (χ0) is 27.9. The molecule has 0 saturated heterocycles. The van der Waals surface area contributed by atoms with E-state index in [0.717, 1.165) is 17.7 Å². The van der Waals surface area contributed by atoms with E-state index in [0.29, 0.717) is 29.7 Å². The van der Waals surface area contributed by atoms with Crippen LogP contribution in [0.4, 0.5) is 0 Å². The smallest absolute Gasteiger partial charge is 0.326 e. The lowest BCUT2D eigenvalue weighted by molar-refractivity contribution is -0.240. The number of phenolic OH excluding ortho intramolecular Hbond substituents is 1. The number of nitrogens with zero attached hydrogens (tertiary/aromatic N) is 1. The molecule has 2 saturated carbocycles. The summed E-state index contributed by atoms with van der Waals surface area (Å²) in [6.45, 7) is 8.08. The van der Waals surface area contributed by atoms with Gasteiger partial charge >= 0.3 is 11.9 Å². The topological polar surface area (TPSA) is 165 Å². The highest BCUT2D eigenvalue weighted by Crippen LogP contribution is 2.67. The van der Waals surface area contributed by atoms with Crippen LogP contribution < -0.4 is 4.74 Å². The molecule has 7 atom stereocenters. The van der Waals surface area contributed by atoms with Gasteiger partial charge in [0.1, 0.15) is 23.1 Å². The van der Waals surface area contributed by atoms with Crippen LogP contribution in [0.15, 0.2) is 6.07 Å². The fourth-order valence-corrected chi connectivity index (χ4v) is 8.35. The lowest BCUT2D eigenvalue weighted by atomic mass is 9.43. The van der Waals surface area contributed by atoms with Crippen LogP contribution in [-0.2, 0) is 22.6 Å². The van der Waals surface area contributed by atoms with Gasteiger partial charge in [-0.05, 0) is 49.0 Å². The van der Waals surface area contributed by atoms with E-state index >= 15 is 0 Å². The van der Waals surface area contributed by atoms with E-state index in [1.165, 1.54) is 6.07 Å². The summed E-state index contributed by atoms with van der Waals surface area (Å²) in [6.07, 6.45) is -0.0906. The van der Waals surface area contributed by atoms with Crippen molar-refractivity contribution in [3.05, 3.63) is 22.8 Å². The molecule has 38 heavy (non-hydrogen) atoms. The second-order valence-corrected chi connectivity index (χ2v) is 12.6. The second-order valence-electron chi connectivity index (χ2n) is 12.6. The second kappa shape index (κ2) is 8.58. The SMILES string of the molecule is CC1CCC2C(C)(C)C(O)C(O)CC2(C)C12Cc1c(O)cc3c(c1O2)CN(C(CCC(=O)O)C(=O)O)C3=O. The van der Waals surface area contributed by atoms with Crippen molar-refractivity contribution >= 4 is 17.8 Å². The van der Waals surface area contributed by atoms with Gasteiger partial charge in [0, 0.05) is 29.4 Å². The molecule has 1 aromatic carbocycles. The number of rotatable bonds is 5. The number of aromatic hydroxyl groups is 1. The molecule has 10 heteroatoms. The van der Waals surface area contributed by atoms with E-state index in [2.05, 4.69) is 13.8 Å². The lowest BCUT2D eigenvalue weighted by Crippen LogP contribution is -2.69. The molecule has 1 amide bonds. The summed E-state index contributed by atoms with van der Waals surface area (Å²) in [5.41, 5.74) is -0.733. The van der Waals surface area contributed by atoms with Crippen LogP contribution in [0, 0.1) is 22.7 Å². The van der Waals surface area contributed by atoms with Crippen LogP contribution in [0.3, 0.4) is 0 Å². The van der Waals surface area contributed by atoms with E-state index in [1.807, 2.05) is 13.8 Å². The number of fused-ring (bicyclic) bond motifs is 5. The van der Waals surface area contributed by atoms with Crippen molar-refractivity contribution in [2.24, 2.45) is 22.7 Å². The Morgan fingerprint density at radius 3 is 2.47 bits per heavy atom. The molecule has 10 nitrogen and oxygen atoms in total. The number of carbonyl (C=O) groups excluding carboxylic acids is 1. The summed E-state index contributed by atoms with van der Waals surface area (Å²) >= 11 is 0. The quantitative estimate of drug-likeness (QED) is 0.384. The molecule has 5 N–H and O–H groups in total. The molecular weight excluding hydrogens is 494 g/mol. The maximum Gasteiger partial charge on any atom is 0.326 e. The first-order valence-electron chi connectivity index (χ1n) is 13.3. The number of aliphatic hydroxyl groups is 2. The van der Waals surface area contributed by atoms with Gasteiger partial charge < -0.3 is 35.2 Å². The first-order chi connectivity index (χ1) is 17.7. The van der Waals surface area contributed by atoms with Gasteiger partial charge in [-0.3, -0.25) is 9.59 Å². The number of carboxylic acids is 2. The van der Waals surface area contributed by atoms with E-state index in [4.69, 9.17) is 9.84 Å². The van der Waals surface area contributed by atoms with E-state index in [9.17, 15) is 34.8 Å². The summed E-state index contributed by atoms with van der Waals surface area (Å²) in [4.78, 5) is 37.5. The monoisotopic (exact) mass is 531 g/mol. The fourth-order valence-electron chi connectivity index (χ4n) is 8.35. The number of aliphatic hydroxyl groups excluding tert-OH is 2. The van der Waals surface area contributed by atoms with Gasteiger partial charge in [0.05, 0.1) is 24.3 Å². The average molecular weight is 532 g/mol. The molecule has 0 aromatic heterocycles. The minimum absolute atomic E-state index is 0.0274. The van der Waals surface area contributed by atoms with Crippen LogP contribution in [0.5, 0.6) is 11.5 Å². The fraction of sp³-hybridized carbons (Fsp3) is 0.679. The molecule has 7 unspecified atom stereocenters. The first kappa shape index (κ1) is 26.7. The Kier molecular flexibility index (Phi) is 6.04. The number of amides is 1. The van der Waals surface area contributed by atoms with Crippen molar-refractivity contribution in [3.63, 3.8) is 0 Å². The minimum atomic E-state index is -1.33.